The van der Waals surface area contributed by atoms with E-state index in [1.807, 2.05) is 19.0 Å². The molecular weight excluding hydrogens is 564 g/mol. The fourth-order valence-corrected chi connectivity index (χ4v) is 6.01. The van der Waals surface area contributed by atoms with Crippen molar-refractivity contribution < 1.29 is 18.4 Å². The fourth-order valence-electron chi connectivity index (χ4n) is 4.71. The van der Waals surface area contributed by atoms with Gasteiger partial charge in [-0.2, -0.15) is 4.90 Å². The van der Waals surface area contributed by atoms with Crippen molar-refractivity contribution in [1.29, 1.82) is 0 Å². The van der Waals surface area contributed by atoms with E-state index < -0.39 is 35.5 Å². The minimum atomic E-state index is -0.793. The molecule has 2 heterocycles. The molecule has 0 fully saturated rings. The van der Waals surface area contributed by atoms with Crippen LogP contribution in [0.15, 0.2) is 82.4 Å². The standard InChI is InChI=1S/C30H27F2N5O4S/c1-35(2)16-22-25-27(38)37(20-8-5-4-6-9-20)30(40)36(17-21-23(31)10-7-11-24(21)32)28(25)42-26(22)18-12-14-19(15-13-18)33-29(39)34-41-3/h4-15H,16-17H2,1-3H3,(H2,33,34,39)/q+1. The summed E-state index contributed by atoms with van der Waals surface area (Å²) in [5, 5.41) is 2.92. The molecule has 0 aliphatic heterocycles. The number of carbonyl (C=O) groups excluding carboxylic acids is 1. The Morgan fingerprint density at radius 1 is 0.929 bits per heavy atom. The first-order valence-corrected chi connectivity index (χ1v) is 13.7. The Labute approximate surface area is 243 Å². The van der Waals surface area contributed by atoms with E-state index in [-0.39, 0.29) is 10.9 Å². The van der Waals surface area contributed by atoms with E-state index in [0.29, 0.717) is 33.2 Å². The smallest absolute Gasteiger partial charge is 0.306 e. The molecule has 0 unspecified atom stereocenters. The van der Waals surface area contributed by atoms with Gasteiger partial charge in [-0.25, -0.2) is 28.4 Å². The lowest BCUT2D eigenvalue weighted by Gasteiger charge is -2.13. The molecule has 0 atom stereocenters. The highest BCUT2D eigenvalue weighted by Crippen LogP contribution is 2.38. The van der Waals surface area contributed by atoms with Gasteiger partial charge in [-0.3, -0.25) is 14.2 Å². The molecule has 0 saturated heterocycles. The molecule has 2 N–H and O–H groups in total. The number of halogens is 2. The lowest BCUT2D eigenvalue weighted by molar-refractivity contribution is 0.114. The molecular formula is C30H27F2N5O4S+. The van der Waals surface area contributed by atoms with Crippen LogP contribution in [0, 0.1) is 11.6 Å². The molecule has 3 aromatic carbocycles. The van der Waals surface area contributed by atoms with Gasteiger partial charge in [0.1, 0.15) is 37.1 Å². The molecule has 0 saturated carbocycles. The molecule has 5 aromatic rings. The van der Waals surface area contributed by atoms with Gasteiger partial charge in [0.25, 0.3) is 5.56 Å². The van der Waals surface area contributed by atoms with Gasteiger partial charge in [-0.1, -0.05) is 36.4 Å². The number of anilines is 1. The van der Waals surface area contributed by atoms with Crippen molar-refractivity contribution in [2.24, 2.45) is 0 Å². The number of amides is 2. The van der Waals surface area contributed by atoms with E-state index in [0.717, 1.165) is 22.3 Å². The average molecular weight is 592 g/mol. The summed E-state index contributed by atoms with van der Waals surface area (Å²) in [4.78, 5) is 47.4. The Balaban J connectivity index is 1.78. The maximum absolute atomic E-state index is 14.8. The summed E-state index contributed by atoms with van der Waals surface area (Å²) in [6.07, 6.45) is 0. The Morgan fingerprint density at radius 2 is 1.60 bits per heavy atom. The van der Waals surface area contributed by atoms with Gasteiger partial charge >= 0.3 is 11.7 Å². The fraction of sp³-hybridized carbons (Fsp3) is 0.167. The van der Waals surface area contributed by atoms with Crippen LogP contribution in [0.1, 0.15) is 11.1 Å². The molecule has 0 spiro atoms. The molecule has 2 amide bonds. The molecule has 0 aliphatic carbocycles. The Kier molecular flexibility index (Phi) is 8.29. The van der Waals surface area contributed by atoms with E-state index in [9.17, 15) is 23.2 Å². The van der Waals surface area contributed by atoms with Crippen molar-refractivity contribution in [3.05, 3.63) is 116 Å². The highest BCUT2D eigenvalue weighted by atomic mass is 32.1. The van der Waals surface area contributed by atoms with Crippen LogP contribution in [0.5, 0.6) is 0 Å². The van der Waals surface area contributed by atoms with Gasteiger partial charge in [0.05, 0.1) is 24.7 Å². The second-order valence-corrected chi connectivity index (χ2v) is 10.7. The lowest BCUT2D eigenvalue weighted by atomic mass is 10.1. The van der Waals surface area contributed by atoms with Crippen LogP contribution in [-0.4, -0.2) is 36.4 Å². The zero-order valence-corrected chi connectivity index (χ0v) is 23.8. The van der Waals surface area contributed by atoms with Crippen LogP contribution in [0.4, 0.5) is 19.3 Å². The van der Waals surface area contributed by atoms with Crippen LogP contribution in [0.2, 0.25) is 0 Å². The Morgan fingerprint density at radius 3 is 2.21 bits per heavy atom. The monoisotopic (exact) mass is 591 g/mol. The third-order valence-electron chi connectivity index (χ3n) is 6.54. The second-order valence-electron chi connectivity index (χ2n) is 9.71. The average Bonchev–Trinajstić information content (AvgIpc) is 3.32. The molecule has 12 heteroatoms. The Bertz CT molecular complexity index is 1860. The Hall–Kier alpha value is -4.65. The number of hydrogen-bond acceptors (Lipinski definition) is 6. The largest absolute Gasteiger partial charge is 0.343 e. The van der Waals surface area contributed by atoms with Crippen LogP contribution in [-0.2, 0) is 17.9 Å². The van der Waals surface area contributed by atoms with Gasteiger partial charge in [0.2, 0.25) is 0 Å². The number of para-hydroxylation sites is 1. The van der Waals surface area contributed by atoms with E-state index in [1.54, 1.807) is 54.6 Å². The second kappa shape index (κ2) is 12.1. The zero-order valence-electron chi connectivity index (χ0n) is 23.0. The number of nitrogens with zero attached hydrogens (tertiary/aromatic N) is 3. The van der Waals surface area contributed by atoms with Crippen molar-refractivity contribution in [2.75, 3.05) is 26.5 Å². The van der Waals surface area contributed by atoms with Crippen molar-refractivity contribution in [2.45, 2.75) is 13.1 Å². The van der Waals surface area contributed by atoms with Crippen molar-refractivity contribution in [3.8, 4) is 16.1 Å². The third-order valence-corrected chi connectivity index (χ3v) is 7.84. The van der Waals surface area contributed by atoms with Crippen molar-refractivity contribution in [1.82, 2.24) is 19.5 Å². The van der Waals surface area contributed by atoms with Crippen LogP contribution in [0.3, 0.4) is 0 Å². The first-order chi connectivity index (χ1) is 20.2. The summed E-state index contributed by atoms with van der Waals surface area (Å²) >= 11 is 1.20. The van der Waals surface area contributed by atoms with Gasteiger partial charge in [-0.15, -0.1) is 11.3 Å². The summed E-state index contributed by atoms with van der Waals surface area (Å²) in [6, 6.07) is 18.3. The minimum absolute atomic E-state index is 0.283. The number of benzene rings is 3. The predicted octanol–water partition coefficient (Wildman–Crippen LogP) is 4.79. The van der Waals surface area contributed by atoms with Gasteiger partial charge < -0.3 is 5.32 Å². The molecule has 2 aromatic heterocycles. The molecule has 215 valence electrons. The highest BCUT2D eigenvalue weighted by molar-refractivity contribution is 7.22. The first-order valence-electron chi connectivity index (χ1n) is 12.8. The third kappa shape index (κ3) is 5.59. The number of rotatable bonds is 8. The highest BCUT2D eigenvalue weighted by Gasteiger charge is 2.26. The quantitative estimate of drug-likeness (QED) is 0.200. The number of carbonyl (C=O) groups is 1. The number of urea groups is 1. The molecule has 0 bridgehead atoms. The SMILES string of the molecule is CONC(=O)Nc1ccc(-c2sc3c(c2C[N+](C)C)c(=O)n(-c2ccccc2)c(=O)n3Cc2c(F)cccc2F)cc1. The number of thiophene rings is 1. The summed E-state index contributed by atoms with van der Waals surface area (Å²) in [7, 11) is 5.03. The van der Waals surface area contributed by atoms with Gasteiger partial charge in [-0.05, 0) is 42.0 Å². The number of hydroxylamine groups is 1. The zero-order chi connectivity index (χ0) is 30.0. The van der Waals surface area contributed by atoms with Gasteiger partial charge in [0.15, 0.2) is 0 Å². The van der Waals surface area contributed by atoms with Crippen LogP contribution in [0.25, 0.3) is 26.3 Å². The molecule has 1 radical (unpaired) electrons. The van der Waals surface area contributed by atoms with Crippen molar-refractivity contribution >= 4 is 33.3 Å². The summed E-state index contributed by atoms with van der Waals surface area (Å²) in [5.74, 6) is -1.59. The summed E-state index contributed by atoms with van der Waals surface area (Å²) < 4.78 is 31.9. The topological polar surface area (TPSA) is 100 Å². The van der Waals surface area contributed by atoms with E-state index in [1.165, 1.54) is 29.1 Å². The normalized spacial score (nSPS) is 11.3. The number of fused-ring (bicyclic) bond motifs is 1. The van der Waals surface area contributed by atoms with Crippen LogP contribution < -0.4 is 26.9 Å². The number of aromatic nitrogens is 2. The molecule has 0 aliphatic rings. The predicted molar refractivity (Wildman–Crippen MR) is 159 cm³/mol. The molecule has 9 nitrogen and oxygen atoms in total. The first kappa shape index (κ1) is 28.9. The van der Waals surface area contributed by atoms with E-state index >= 15 is 0 Å². The van der Waals surface area contributed by atoms with Crippen LogP contribution >= 0.6 is 11.3 Å². The maximum atomic E-state index is 14.8. The minimum Gasteiger partial charge on any atom is -0.306 e. The number of nitrogens with one attached hydrogen (secondary N) is 2. The van der Waals surface area contributed by atoms with Gasteiger partial charge in [0, 0.05) is 21.7 Å². The maximum Gasteiger partial charge on any atom is 0.343 e. The van der Waals surface area contributed by atoms with Crippen molar-refractivity contribution in [3.63, 3.8) is 0 Å². The molecule has 42 heavy (non-hydrogen) atoms. The summed E-state index contributed by atoms with van der Waals surface area (Å²) in [5.41, 5.74) is 2.88. The number of hydrogen-bond donors (Lipinski definition) is 2. The summed E-state index contributed by atoms with van der Waals surface area (Å²) in [6.45, 7) is -0.0678. The lowest BCUT2D eigenvalue weighted by Crippen LogP contribution is -2.39. The van der Waals surface area contributed by atoms with E-state index in [4.69, 9.17) is 0 Å². The van der Waals surface area contributed by atoms with E-state index in [2.05, 4.69) is 15.6 Å². The molecule has 5 rings (SSSR count).